The molecule has 2 aromatic carbocycles. The average molecular weight is 291 g/mol. The van der Waals surface area contributed by atoms with Gasteiger partial charge in [-0.25, -0.2) is 4.39 Å². The Kier molecular flexibility index (Phi) is 4.49. The molecule has 0 radical (unpaired) electrons. The number of rotatable bonds is 5. The second-order valence-electron chi connectivity index (χ2n) is 4.55. The van der Waals surface area contributed by atoms with Crippen LogP contribution in [0.1, 0.15) is 11.1 Å². The number of nitrogens with zero attached hydrogens (tertiary/aromatic N) is 1. The predicted octanol–water partition coefficient (Wildman–Crippen LogP) is 3.37. The van der Waals surface area contributed by atoms with Gasteiger partial charge in [-0.15, -0.1) is 0 Å². The van der Waals surface area contributed by atoms with Gasteiger partial charge >= 0.3 is 5.69 Å². The summed E-state index contributed by atoms with van der Waals surface area (Å²) in [6, 6.07) is 8.96. The number of ether oxygens (including phenoxy) is 1. The van der Waals surface area contributed by atoms with Crippen molar-refractivity contribution in [2.45, 2.75) is 13.3 Å². The van der Waals surface area contributed by atoms with Crippen molar-refractivity contribution in [2.75, 3.05) is 6.61 Å². The van der Waals surface area contributed by atoms with Crippen LogP contribution >= 0.6 is 0 Å². The molecule has 1 N–H and O–H groups in total. The van der Waals surface area contributed by atoms with Gasteiger partial charge in [0.25, 0.3) is 0 Å². The largest absolute Gasteiger partial charge is 0.450 e. The summed E-state index contributed by atoms with van der Waals surface area (Å²) in [5.41, 5.74) is 0.777. The highest BCUT2D eigenvalue weighted by Gasteiger charge is 2.19. The van der Waals surface area contributed by atoms with E-state index in [1.54, 1.807) is 24.3 Å². The second-order valence-corrected chi connectivity index (χ2v) is 4.55. The average Bonchev–Trinajstić information content (AvgIpc) is 2.44. The van der Waals surface area contributed by atoms with Gasteiger partial charge in [-0.1, -0.05) is 12.1 Å². The van der Waals surface area contributed by atoms with Gasteiger partial charge in [0.2, 0.25) is 5.75 Å². The van der Waals surface area contributed by atoms with Crippen molar-refractivity contribution in [3.63, 3.8) is 0 Å². The van der Waals surface area contributed by atoms with Gasteiger partial charge in [-0.2, -0.15) is 0 Å². The fraction of sp³-hybridized carbons (Fsp3) is 0.200. The zero-order valence-corrected chi connectivity index (χ0v) is 11.4. The third kappa shape index (κ3) is 3.55. The summed E-state index contributed by atoms with van der Waals surface area (Å²) in [4.78, 5) is 10.3. The van der Waals surface area contributed by atoms with Crippen LogP contribution in [0, 0.1) is 22.9 Å². The SMILES string of the molecule is Cc1cc(Oc2ccc(CCO)cc2)c([N+](=O)[O-])cc1F. The van der Waals surface area contributed by atoms with Crippen molar-refractivity contribution in [1.82, 2.24) is 0 Å². The van der Waals surface area contributed by atoms with Gasteiger partial charge in [0, 0.05) is 6.61 Å². The van der Waals surface area contributed by atoms with E-state index in [0.29, 0.717) is 12.2 Å². The molecule has 0 aliphatic carbocycles. The van der Waals surface area contributed by atoms with Crippen LogP contribution < -0.4 is 4.74 Å². The number of aliphatic hydroxyl groups excluding tert-OH is 1. The summed E-state index contributed by atoms with van der Waals surface area (Å²) < 4.78 is 18.9. The molecule has 0 saturated carbocycles. The first-order chi connectivity index (χ1) is 10.0. The van der Waals surface area contributed by atoms with Crippen molar-refractivity contribution in [3.05, 3.63) is 63.5 Å². The number of aryl methyl sites for hydroxylation is 1. The Labute approximate surface area is 120 Å². The number of hydrogen-bond acceptors (Lipinski definition) is 4. The van der Waals surface area contributed by atoms with Gasteiger partial charge in [-0.05, 0) is 42.7 Å². The fourth-order valence-corrected chi connectivity index (χ4v) is 1.85. The van der Waals surface area contributed by atoms with Crippen LogP contribution in [-0.2, 0) is 6.42 Å². The molecule has 0 amide bonds. The Bertz CT molecular complexity index is 655. The molecule has 21 heavy (non-hydrogen) atoms. The van der Waals surface area contributed by atoms with Gasteiger partial charge in [0.1, 0.15) is 11.6 Å². The Balaban J connectivity index is 2.30. The van der Waals surface area contributed by atoms with E-state index in [0.717, 1.165) is 11.6 Å². The van der Waals surface area contributed by atoms with Crippen molar-refractivity contribution in [3.8, 4) is 11.5 Å². The summed E-state index contributed by atoms with van der Waals surface area (Å²) >= 11 is 0. The lowest BCUT2D eigenvalue weighted by molar-refractivity contribution is -0.385. The topological polar surface area (TPSA) is 72.6 Å². The number of aliphatic hydroxyl groups is 1. The van der Waals surface area contributed by atoms with Crippen molar-refractivity contribution < 1.29 is 19.2 Å². The van der Waals surface area contributed by atoms with Crippen LogP contribution in [0.2, 0.25) is 0 Å². The summed E-state index contributed by atoms with van der Waals surface area (Å²) in [6.07, 6.45) is 0.524. The zero-order chi connectivity index (χ0) is 15.4. The Hall–Kier alpha value is -2.47. The van der Waals surface area contributed by atoms with E-state index in [2.05, 4.69) is 0 Å². The number of nitro groups is 1. The molecule has 2 aromatic rings. The molecule has 0 fully saturated rings. The lowest BCUT2D eigenvalue weighted by Crippen LogP contribution is -1.96. The minimum Gasteiger partial charge on any atom is -0.450 e. The lowest BCUT2D eigenvalue weighted by Gasteiger charge is -2.08. The lowest BCUT2D eigenvalue weighted by atomic mass is 10.1. The highest BCUT2D eigenvalue weighted by atomic mass is 19.1. The molecule has 0 saturated heterocycles. The monoisotopic (exact) mass is 291 g/mol. The third-order valence-corrected chi connectivity index (χ3v) is 2.99. The molecular weight excluding hydrogens is 277 g/mol. The standard InChI is InChI=1S/C15H14FNO4/c1-10-8-15(14(17(19)20)9-13(10)16)21-12-4-2-11(3-5-12)6-7-18/h2-5,8-9,18H,6-7H2,1H3. The van der Waals surface area contributed by atoms with Crippen molar-refractivity contribution >= 4 is 5.69 Å². The molecule has 0 bridgehead atoms. The minimum atomic E-state index is -0.683. The summed E-state index contributed by atoms with van der Waals surface area (Å²) in [7, 11) is 0. The van der Waals surface area contributed by atoms with Gasteiger partial charge in [-0.3, -0.25) is 10.1 Å². The number of hydrogen-bond donors (Lipinski definition) is 1. The van der Waals surface area contributed by atoms with Crippen molar-refractivity contribution in [2.24, 2.45) is 0 Å². The molecule has 0 aliphatic heterocycles. The highest BCUT2D eigenvalue weighted by Crippen LogP contribution is 2.33. The molecule has 110 valence electrons. The van der Waals surface area contributed by atoms with E-state index >= 15 is 0 Å². The van der Waals surface area contributed by atoms with Crippen LogP contribution in [0.3, 0.4) is 0 Å². The Morgan fingerprint density at radius 3 is 2.52 bits per heavy atom. The normalized spacial score (nSPS) is 10.4. The maximum atomic E-state index is 13.4. The highest BCUT2D eigenvalue weighted by molar-refractivity contribution is 5.51. The smallest absolute Gasteiger partial charge is 0.314 e. The fourth-order valence-electron chi connectivity index (χ4n) is 1.85. The minimum absolute atomic E-state index is 0.00573. The quantitative estimate of drug-likeness (QED) is 0.677. The first-order valence-corrected chi connectivity index (χ1v) is 6.33. The van der Waals surface area contributed by atoms with Crippen LogP contribution in [-0.4, -0.2) is 16.6 Å². The molecule has 5 nitrogen and oxygen atoms in total. The van der Waals surface area contributed by atoms with E-state index in [-0.39, 0.29) is 17.9 Å². The van der Waals surface area contributed by atoms with Gasteiger partial charge < -0.3 is 9.84 Å². The molecule has 0 atom stereocenters. The molecule has 6 heteroatoms. The summed E-state index contributed by atoms with van der Waals surface area (Å²) in [6.45, 7) is 1.55. The van der Waals surface area contributed by atoms with Crippen LogP contribution in [0.5, 0.6) is 11.5 Å². The number of nitro benzene ring substituents is 1. The van der Waals surface area contributed by atoms with E-state index in [9.17, 15) is 14.5 Å². The molecule has 0 unspecified atom stereocenters. The first-order valence-electron chi connectivity index (χ1n) is 6.33. The summed E-state index contributed by atoms with van der Waals surface area (Å²) in [5.74, 6) is -0.244. The Morgan fingerprint density at radius 1 is 1.29 bits per heavy atom. The van der Waals surface area contributed by atoms with E-state index < -0.39 is 16.4 Å². The summed E-state index contributed by atoms with van der Waals surface area (Å²) in [5, 5.41) is 19.8. The van der Waals surface area contributed by atoms with Crippen LogP contribution in [0.25, 0.3) is 0 Å². The third-order valence-electron chi connectivity index (χ3n) is 2.99. The maximum Gasteiger partial charge on any atom is 0.314 e. The van der Waals surface area contributed by atoms with E-state index in [4.69, 9.17) is 9.84 Å². The van der Waals surface area contributed by atoms with Crippen LogP contribution in [0.15, 0.2) is 36.4 Å². The molecule has 0 aromatic heterocycles. The molecule has 2 rings (SSSR count). The van der Waals surface area contributed by atoms with E-state index in [1.165, 1.54) is 13.0 Å². The molecular formula is C15H14FNO4. The second kappa shape index (κ2) is 6.32. The zero-order valence-electron chi connectivity index (χ0n) is 11.4. The van der Waals surface area contributed by atoms with Crippen molar-refractivity contribution in [1.29, 1.82) is 0 Å². The molecule has 0 heterocycles. The van der Waals surface area contributed by atoms with Crippen LogP contribution in [0.4, 0.5) is 10.1 Å². The molecule has 0 spiro atoms. The first kappa shape index (κ1) is 14.9. The van der Waals surface area contributed by atoms with Gasteiger partial charge in [0.05, 0.1) is 11.0 Å². The molecule has 0 aliphatic rings. The number of halogens is 1. The number of benzene rings is 2. The maximum absolute atomic E-state index is 13.4. The van der Waals surface area contributed by atoms with E-state index in [1.807, 2.05) is 0 Å². The van der Waals surface area contributed by atoms with Gasteiger partial charge in [0.15, 0.2) is 0 Å². The Morgan fingerprint density at radius 2 is 1.95 bits per heavy atom. The predicted molar refractivity (Wildman–Crippen MR) is 75.1 cm³/mol.